The highest BCUT2D eigenvalue weighted by Gasteiger charge is 2.22. The molecule has 0 saturated carbocycles. The second-order valence-electron chi connectivity index (χ2n) is 6.47. The number of fused-ring (bicyclic) bond motifs is 1. The molecule has 1 saturated heterocycles. The molecule has 134 valence electrons. The minimum absolute atomic E-state index is 0.0252. The second-order valence-corrected chi connectivity index (χ2v) is 6.47. The highest BCUT2D eigenvalue weighted by atomic mass is 16.3. The van der Waals surface area contributed by atoms with E-state index in [2.05, 4.69) is 9.88 Å². The lowest BCUT2D eigenvalue weighted by Gasteiger charge is -2.26. The summed E-state index contributed by atoms with van der Waals surface area (Å²) < 4.78 is 1.49. The van der Waals surface area contributed by atoms with Crippen LogP contribution in [0.5, 0.6) is 0 Å². The third-order valence-corrected chi connectivity index (χ3v) is 4.82. The number of amides is 1. The van der Waals surface area contributed by atoms with Crippen molar-refractivity contribution >= 4 is 16.9 Å². The molecule has 0 aliphatic carbocycles. The Kier molecular flexibility index (Phi) is 5.45. The van der Waals surface area contributed by atoms with Crippen LogP contribution in [-0.4, -0.2) is 69.2 Å². The van der Waals surface area contributed by atoms with E-state index in [1.54, 1.807) is 0 Å². The number of carbonyl (C=O) groups is 1. The standard InChI is InChI=1S/C18H24N4O3/c1-14(13-23)20-7-4-8-21(10-9-20)18(25)12-22-16-6-3-2-5-15(16)19-11-17(22)24/h2-3,5-6,11,14,23H,4,7-10,12-13H2,1H3. The van der Waals surface area contributed by atoms with E-state index in [0.717, 1.165) is 19.5 Å². The van der Waals surface area contributed by atoms with Gasteiger partial charge in [-0.25, -0.2) is 4.98 Å². The highest BCUT2D eigenvalue weighted by Crippen LogP contribution is 2.11. The summed E-state index contributed by atoms with van der Waals surface area (Å²) in [6.07, 6.45) is 2.13. The number of aromatic nitrogens is 2. The SMILES string of the molecule is CC(CO)N1CCCN(C(=O)Cn2c(=O)cnc3ccccc32)CC1. The summed E-state index contributed by atoms with van der Waals surface area (Å²) >= 11 is 0. The summed E-state index contributed by atoms with van der Waals surface area (Å²) in [6, 6.07) is 7.43. The maximum absolute atomic E-state index is 12.7. The number of benzene rings is 1. The van der Waals surface area contributed by atoms with Crippen molar-refractivity contribution in [3.63, 3.8) is 0 Å². The third-order valence-electron chi connectivity index (χ3n) is 4.82. The van der Waals surface area contributed by atoms with Crippen LogP contribution in [0.15, 0.2) is 35.3 Å². The van der Waals surface area contributed by atoms with E-state index >= 15 is 0 Å². The predicted octanol–water partition coefficient (Wildman–Crippen LogP) is 0.312. The summed E-state index contributed by atoms with van der Waals surface area (Å²) in [7, 11) is 0. The lowest BCUT2D eigenvalue weighted by atomic mass is 10.3. The van der Waals surface area contributed by atoms with E-state index in [-0.39, 0.29) is 30.7 Å². The Morgan fingerprint density at radius 2 is 2.04 bits per heavy atom. The Balaban J connectivity index is 1.75. The van der Waals surface area contributed by atoms with Crippen molar-refractivity contribution in [2.75, 3.05) is 32.8 Å². The van der Waals surface area contributed by atoms with Gasteiger partial charge in [0.1, 0.15) is 6.54 Å². The number of hydrogen-bond acceptors (Lipinski definition) is 5. The molecule has 1 unspecified atom stereocenters. The molecule has 7 nitrogen and oxygen atoms in total. The smallest absolute Gasteiger partial charge is 0.269 e. The zero-order chi connectivity index (χ0) is 17.8. The second kappa shape index (κ2) is 7.76. The topological polar surface area (TPSA) is 78.7 Å². The highest BCUT2D eigenvalue weighted by molar-refractivity contribution is 5.80. The van der Waals surface area contributed by atoms with Crippen molar-refractivity contribution in [1.29, 1.82) is 0 Å². The number of para-hydroxylation sites is 2. The Labute approximate surface area is 146 Å². The lowest BCUT2D eigenvalue weighted by Crippen LogP contribution is -2.41. The van der Waals surface area contributed by atoms with E-state index in [1.165, 1.54) is 10.8 Å². The van der Waals surface area contributed by atoms with Gasteiger partial charge in [0, 0.05) is 32.2 Å². The molecular formula is C18H24N4O3. The first-order valence-corrected chi connectivity index (χ1v) is 8.67. The van der Waals surface area contributed by atoms with Gasteiger partial charge in [-0.3, -0.25) is 19.1 Å². The molecule has 0 spiro atoms. The van der Waals surface area contributed by atoms with E-state index in [0.29, 0.717) is 24.1 Å². The molecule has 0 bridgehead atoms. The van der Waals surface area contributed by atoms with Crippen molar-refractivity contribution in [2.24, 2.45) is 0 Å². The first-order valence-electron chi connectivity index (χ1n) is 8.67. The van der Waals surface area contributed by atoms with Crippen molar-refractivity contribution in [3.8, 4) is 0 Å². The molecule has 3 rings (SSSR count). The van der Waals surface area contributed by atoms with Crippen LogP contribution < -0.4 is 5.56 Å². The van der Waals surface area contributed by atoms with Gasteiger partial charge in [-0.2, -0.15) is 0 Å². The molecule has 1 amide bonds. The van der Waals surface area contributed by atoms with Crippen molar-refractivity contribution in [3.05, 3.63) is 40.8 Å². The average Bonchev–Trinajstić information content (AvgIpc) is 2.89. The first-order chi connectivity index (χ1) is 12.1. The fraction of sp³-hybridized carbons (Fsp3) is 0.500. The van der Waals surface area contributed by atoms with Crippen LogP contribution >= 0.6 is 0 Å². The van der Waals surface area contributed by atoms with Crippen molar-refractivity contribution in [1.82, 2.24) is 19.4 Å². The zero-order valence-corrected chi connectivity index (χ0v) is 14.5. The number of rotatable bonds is 4. The van der Waals surface area contributed by atoms with Gasteiger partial charge in [-0.1, -0.05) is 12.1 Å². The predicted molar refractivity (Wildman–Crippen MR) is 95.3 cm³/mol. The van der Waals surface area contributed by atoms with Crippen molar-refractivity contribution < 1.29 is 9.90 Å². The fourth-order valence-corrected chi connectivity index (χ4v) is 3.26. The summed E-state index contributed by atoms with van der Waals surface area (Å²) in [5.41, 5.74) is 1.11. The Hall–Kier alpha value is -2.25. The Morgan fingerprint density at radius 3 is 2.84 bits per heavy atom. The van der Waals surface area contributed by atoms with Crippen molar-refractivity contribution in [2.45, 2.75) is 25.9 Å². The van der Waals surface area contributed by atoms with E-state index in [1.807, 2.05) is 36.1 Å². The monoisotopic (exact) mass is 344 g/mol. The molecule has 0 radical (unpaired) electrons. The fourth-order valence-electron chi connectivity index (χ4n) is 3.26. The molecule has 2 heterocycles. The number of nitrogens with zero attached hydrogens (tertiary/aromatic N) is 4. The molecule has 1 fully saturated rings. The molecule has 2 aromatic rings. The minimum Gasteiger partial charge on any atom is -0.395 e. The molecule has 1 aliphatic heterocycles. The maximum atomic E-state index is 12.7. The summed E-state index contributed by atoms with van der Waals surface area (Å²) in [4.78, 5) is 33.1. The molecule has 1 aliphatic rings. The number of aliphatic hydroxyl groups excluding tert-OH is 1. The first kappa shape index (κ1) is 17.6. The molecular weight excluding hydrogens is 320 g/mol. The Morgan fingerprint density at radius 1 is 1.24 bits per heavy atom. The quantitative estimate of drug-likeness (QED) is 0.864. The zero-order valence-electron chi connectivity index (χ0n) is 14.5. The Bertz CT molecular complexity index is 804. The van der Waals surface area contributed by atoms with Crippen LogP contribution in [0, 0.1) is 0 Å². The third kappa shape index (κ3) is 3.88. The molecule has 7 heteroatoms. The molecule has 1 N–H and O–H groups in total. The molecule has 25 heavy (non-hydrogen) atoms. The number of carbonyl (C=O) groups excluding carboxylic acids is 1. The van der Waals surface area contributed by atoms with Gasteiger partial charge < -0.3 is 10.0 Å². The van der Waals surface area contributed by atoms with Gasteiger partial charge in [0.15, 0.2) is 0 Å². The van der Waals surface area contributed by atoms with Gasteiger partial charge in [0.2, 0.25) is 5.91 Å². The molecule has 1 atom stereocenters. The van der Waals surface area contributed by atoms with Crippen LogP contribution in [-0.2, 0) is 11.3 Å². The normalized spacial score (nSPS) is 17.4. The van der Waals surface area contributed by atoms with Gasteiger partial charge in [-0.05, 0) is 25.5 Å². The van der Waals surface area contributed by atoms with Crippen LogP contribution in [0.2, 0.25) is 0 Å². The maximum Gasteiger partial charge on any atom is 0.269 e. The minimum atomic E-state index is -0.266. The number of hydrogen-bond donors (Lipinski definition) is 1. The van der Waals surface area contributed by atoms with E-state index < -0.39 is 0 Å². The van der Waals surface area contributed by atoms with E-state index in [9.17, 15) is 14.7 Å². The lowest BCUT2D eigenvalue weighted by molar-refractivity contribution is -0.131. The molecule has 1 aromatic heterocycles. The van der Waals surface area contributed by atoms with Crippen LogP contribution in [0.3, 0.4) is 0 Å². The summed E-state index contributed by atoms with van der Waals surface area (Å²) in [6.45, 7) is 5.01. The van der Waals surface area contributed by atoms with Crippen LogP contribution in [0.1, 0.15) is 13.3 Å². The molecule has 1 aromatic carbocycles. The summed E-state index contributed by atoms with van der Waals surface area (Å²) in [5.74, 6) is -0.0584. The van der Waals surface area contributed by atoms with Crippen LogP contribution in [0.25, 0.3) is 11.0 Å². The van der Waals surface area contributed by atoms with Gasteiger partial charge >= 0.3 is 0 Å². The summed E-state index contributed by atoms with van der Waals surface area (Å²) in [5, 5.41) is 9.31. The van der Waals surface area contributed by atoms with E-state index in [4.69, 9.17) is 0 Å². The largest absolute Gasteiger partial charge is 0.395 e. The van der Waals surface area contributed by atoms with Crippen LogP contribution in [0.4, 0.5) is 0 Å². The van der Waals surface area contributed by atoms with Gasteiger partial charge in [0.05, 0.1) is 23.8 Å². The van der Waals surface area contributed by atoms with Gasteiger partial charge in [0.25, 0.3) is 5.56 Å². The number of aliphatic hydroxyl groups is 1. The van der Waals surface area contributed by atoms with Gasteiger partial charge in [-0.15, -0.1) is 0 Å². The average molecular weight is 344 g/mol.